The molecule has 1 aliphatic heterocycles. The molecule has 1 aromatic rings. The van der Waals surface area contributed by atoms with E-state index < -0.39 is 0 Å². The van der Waals surface area contributed by atoms with Crippen molar-refractivity contribution in [3.05, 3.63) is 35.6 Å². The van der Waals surface area contributed by atoms with E-state index in [1.165, 1.54) is 18.6 Å². The maximum absolute atomic E-state index is 12.8. The lowest BCUT2D eigenvalue weighted by atomic mass is 10.1. The number of ketones is 1. The van der Waals surface area contributed by atoms with E-state index in [4.69, 9.17) is 4.74 Å². The van der Waals surface area contributed by atoms with E-state index in [0.29, 0.717) is 17.9 Å². The first kappa shape index (κ1) is 15.1. The molecule has 1 saturated heterocycles. The van der Waals surface area contributed by atoms with Gasteiger partial charge in [0.1, 0.15) is 5.82 Å². The molecule has 0 bridgehead atoms. The summed E-state index contributed by atoms with van der Waals surface area (Å²) in [5, 5.41) is 0. The van der Waals surface area contributed by atoms with Gasteiger partial charge >= 0.3 is 0 Å². The van der Waals surface area contributed by atoms with Gasteiger partial charge in [-0.1, -0.05) is 0 Å². The Morgan fingerprint density at radius 3 is 2.85 bits per heavy atom. The Labute approximate surface area is 119 Å². The van der Waals surface area contributed by atoms with Gasteiger partial charge in [-0.15, -0.1) is 0 Å². The quantitative estimate of drug-likeness (QED) is 0.719. The van der Waals surface area contributed by atoms with Crippen molar-refractivity contribution in [2.24, 2.45) is 5.92 Å². The zero-order chi connectivity index (χ0) is 14.4. The zero-order valence-corrected chi connectivity index (χ0v) is 12.0. The molecular weight excluding hydrogens is 257 g/mol. The predicted octanol–water partition coefficient (Wildman–Crippen LogP) is 2.76. The van der Waals surface area contributed by atoms with Gasteiger partial charge in [0.05, 0.1) is 6.61 Å². The van der Waals surface area contributed by atoms with Gasteiger partial charge in [0.2, 0.25) is 0 Å². The second kappa shape index (κ2) is 7.50. The summed E-state index contributed by atoms with van der Waals surface area (Å²) in [7, 11) is 1.74. The minimum Gasteiger partial charge on any atom is -0.384 e. The summed E-state index contributed by atoms with van der Waals surface area (Å²) in [6.07, 6.45) is 2.56. The number of hydrogen-bond donors (Lipinski definition) is 0. The predicted molar refractivity (Wildman–Crippen MR) is 76.4 cm³/mol. The minimum absolute atomic E-state index is 0.0950. The van der Waals surface area contributed by atoms with Crippen molar-refractivity contribution >= 4 is 5.78 Å². The first-order valence-electron chi connectivity index (χ1n) is 7.19. The van der Waals surface area contributed by atoms with Gasteiger partial charge in [-0.05, 0) is 56.1 Å². The van der Waals surface area contributed by atoms with Crippen LogP contribution < -0.4 is 0 Å². The second-order valence-electron chi connectivity index (χ2n) is 5.44. The number of benzene rings is 1. The number of Topliss-reactive ketones (excluding diaryl/α,β-unsaturated/α-hetero) is 1. The molecule has 1 heterocycles. The average molecular weight is 279 g/mol. The van der Waals surface area contributed by atoms with Crippen LogP contribution in [0.25, 0.3) is 0 Å². The number of carbonyl (C=O) groups excluding carboxylic acids is 1. The van der Waals surface area contributed by atoms with Crippen molar-refractivity contribution in [2.45, 2.75) is 19.3 Å². The van der Waals surface area contributed by atoms with Crippen LogP contribution in [0.15, 0.2) is 24.3 Å². The summed E-state index contributed by atoms with van der Waals surface area (Å²) in [4.78, 5) is 14.3. The molecule has 1 aliphatic rings. The molecule has 3 nitrogen and oxygen atoms in total. The number of carbonyl (C=O) groups is 1. The number of rotatable bonds is 7. The van der Waals surface area contributed by atoms with E-state index >= 15 is 0 Å². The normalized spacial score (nSPS) is 19.4. The van der Waals surface area contributed by atoms with Crippen molar-refractivity contribution in [3.8, 4) is 0 Å². The van der Waals surface area contributed by atoms with Gasteiger partial charge < -0.3 is 9.64 Å². The summed E-state index contributed by atoms with van der Waals surface area (Å²) in [6, 6.07) is 5.79. The second-order valence-corrected chi connectivity index (χ2v) is 5.44. The molecule has 20 heavy (non-hydrogen) atoms. The van der Waals surface area contributed by atoms with Crippen molar-refractivity contribution in [3.63, 3.8) is 0 Å². The fourth-order valence-corrected chi connectivity index (χ4v) is 2.73. The van der Waals surface area contributed by atoms with Crippen LogP contribution in [-0.2, 0) is 4.74 Å². The molecule has 1 fully saturated rings. The van der Waals surface area contributed by atoms with Crippen LogP contribution in [0.1, 0.15) is 29.6 Å². The van der Waals surface area contributed by atoms with Gasteiger partial charge in [-0.3, -0.25) is 4.79 Å². The Morgan fingerprint density at radius 1 is 1.40 bits per heavy atom. The topological polar surface area (TPSA) is 29.5 Å². The lowest BCUT2D eigenvalue weighted by Crippen LogP contribution is -2.23. The molecule has 0 saturated carbocycles. The largest absolute Gasteiger partial charge is 0.384 e. The molecule has 0 radical (unpaired) electrons. The smallest absolute Gasteiger partial charge is 0.162 e. The summed E-state index contributed by atoms with van der Waals surface area (Å²) >= 11 is 0. The van der Waals surface area contributed by atoms with E-state index in [9.17, 15) is 9.18 Å². The minimum atomic E-state index is -0.303. The van der Waals surface area contributed by atoms with Crippen LogP contribution >= 0.6 is 0 Å². The van der Waals surface area contributed by atoms with E-state index in [2.05, 4.69) is 4.90 Å². The standard InChI is InChI=1S/C16H22FNO2/c1-20-12-13-8-10-18(11-13)9-2-3-16(19)14-4-6-15(17)7-5-14/h4-7,13H,2-3,8-12H2,1H3. The zero-order valence-electron chi connectivity index (χ0n) is 12.0. The third kappa shape index (κ3) is 4.39. The summed E-state index contributed by atoms with van der Waals surface area (Å²) in [5.41, 5.74) is 0.602. The Morgan fingerprint density at radius 2 is 2.15 bits per heavy atom. The maximum Gasteiger partial charge on any atom is 0.162 e. The highest BCUT2D eigenvalue weighted by Crippen LogP contribution is 2.17. The molecule has 4 heteroatoms. The maximum atomic E-state index is 12.8. The summed E-state index contributed by atoms with van der Waals surface area (Å²) in [6.45, 7) is 3.94. The Balaban J connectivity index is 1.68. The highest BCUT2D eigenvalue weighted by atomic mass is 19.1. The monoisotopic (exact) mass is 279 g/mol. The van der Waals surface area contributed by atoms with E-state index in [1.807, 2.05) is 0 Å². The Hall–Kier alpha value is -1.26. The van der Waals surface area contributed by atoms with Crippen molar-refractivity contribution in [2.75, 3.05) is 33.4 Å². The average Bonchev–Trinajstić information content (AvgIpc) is 2.87. The van der Waals surface area contributed by atoms with E-state index in [0.717, 1.165) is 32.7 Å². The first-order chi connectivity index (χ1) is 9.69. The molecule has 1 aromatic carbocycles. The van der Waals surface area contributed by atoms with Crippen LogP contribution in [0.4, 0.5) is 4.39 Å². The number of likely N-dealkylation sites (tertiary alicyclic amines) is 1. The van der Waals surface area contributed by atoms with Crippen LogP contribution in [-0.4, -0.2) is 44.0 Å². The number of halogens is 1. The molecule has 0 N–H and O–H groups in total. The van der Waals surface area contributed by atoms with Gasteiger partial charge in [0.15, 0.2) is 5.78 Å². The van der Waals surface area contributed by atoms with Gasteiger partial charge in [0, 0.05) is 25.6 Å². The molecule has 1 unspecified atom stereocenters. The van der Waals surface area contributed by atoms with Gasteiger partial charge in [-0.2, -0.15) is 0 Å². The molecule has 110 valence electrons. The number of methoxy groups -OCH3 is 1. The SMILES string of the molecule is COCC1CCN(CCCC(=O)c2ccc(F)cc2)C1. The lowest BCUT2D eigenvalue weighted by Gasteiger charge is -2.15. The number of hydrogen-bond acceptors (Lipinski definition) is 3. The summed E-state index contributed by atoms with van der Waals surface area (Å²) in [5.74, 6) is 0.424. The number of nitrogens with zero attached hydrogens (tertiary/aromatic N) is 1. The molecule has 2 rings (SSSR count). The van der Waals surface area contributed by atoms with Gasteiger partial charge in [-0.25, -0.2) is 4.39 Å². The first-order valence-corrected chi connectivity index (χ1v) is 7.19. The fraction of sp³-hybridized carbons (Fsp3) is 0.562. The van der Waals surface area contributed by atoms with Crippen LogP contribution in [0.5, 0.6) is 0 Å². The Bertz CT molecular complexity index is 433. The molecule has 0 amide bonds. The van der Waals surface area contributed by atoms with Crippen molar-refractivity contribution in [1.29, 1.82) is 0 Å². The lowest BCUT2D eigenvalue weighted by molar-refractivity contribution is 0.0975. The third-order valence-corrected chi connectivity index (χ3v) is 3.82. The highest BCUT2D eigenvalue weighted by molar-refractivity contribution is 5.95. The van der Waals surface area contributed by atoms with Crippen molar-refractivity contribution in [1.82, 2.24) is 4.90 Å². The molecule has 0 spiro atoms. The van der Waals surface area contributed by atoms with Crippen LogP contribution in [0.2, 0.25) is 0 Å². The highest BCUT2D eigenvalue weighted by Gasteiger charge is 2.21. The van der Waals surface area contributed by atoms with Crippen molar-refractivity contribution < 1.29 is 13.9 Å². The van der Waals surface area contributed by atoms with Crippen LogP contribution in [0, 0.1) is 11.7 Å². The molecule has 0 aromatic heterocycles. The van der Waals surface area contributed by atoms with E-state index in [-0.39, 0.29) is 11.6 Å². The fourth-order valence-electron chi connectivity index (χ4n) is 2.73. The van der Waals surface area contributed by atoms with Gasteiger partial charge in [0.25, 0.3) is 0 Å². The van der Waals surface area contributed by atoms with Crippen LogP contribution in [0.3, 0.4) is 0 Å². The molecule has 1 atom stereocenters. The van der Waals surface area contributed by atoms with E-state index in [1.54, 1.807) is 19.2 Å². The molecular formula is C16H22FNO2. The number of ether oxygens (including phenoxy) is 1. The third-order valence-electron chi connectivity index (χ3n) is 3.82. The Kier molecular flexibility index (Phi) is 5.68. The summed E-state index contributed by atoms with van der Waals surface area (Å²) < 4.78 is 18.0. The molecule has 0 aliphatic carbocycles.